The number of carbonyl (C=O) groups is 2. The molecule has 2 saturated heterocycles. The molecule has 2 aromatic rings. The van der Waals surface area contributed by atoms with Crippen LogP contribution < -0.4 is 0 Å². The molecule has 3 heterocycles. The maximum Gasteiger partial charge on any atom is 0.317 e. The van der Waals surface area contributed by atoms with Crippen molar-refractivity contribution in [3.63, 3.8) is 0 Å². The molecule has 27 heavy (non-hydrogen) atoms. The van der Waals surface area contributed by atoms with E-state index in [0.29, 0.717) is 38.5 Å². The Hall–Kier alpha value is -2.71. The molecule has 2 bridgehead atoms. The molecule has 1 aromatic heterocycles. The van der Waals surface area contributed by atoms with E-state index >= 15 is 0 Å². The van der Waals surface area contributed by atoms with Crippen LogP contribution >= 0.6 is 0 Å². The highest BCUT2D eigenvalue weighted by Gasteiger charge is 2.37. The number of aromatic amines is 1. The number of hydrogen-bond acceptors (Lipinski definition) is 5. The zero-order valence-corrected chi connectivity index (χ0v) is 14.9. The van der Waals surface area contributed by atoms with E-state index in [1.54, 1.807) is 6.07 Å². The van der Waals surface area contributed by atoms with Crippen LogP contribution in [0.1, 0.15) is 10.5 Å². The first-order valence-corrected chi connectivity index (χ1v) is 9.04. The number of benzene rings is 1. The van der Waals surface area contributed by atoms with Gasteiger partial charge in [0.1, 0.15) is 5.69 Å². The Morgan fingerprint density at radius 1 is 1.19 bits per heavy atom. The predicted molar refractivity (Wildman–Crippen MR) is 97.2 cm³/mol. The minimum Gasteiger partial charge on any atom is -0.480 e. The van der Waals surface area contributed by atoms with E-state index in [9.17, 15) is 9.59 Å². The zero-order chi connectivity index (χ0) is 18.8. The van der Waals surface area contributed by atoms with Crippen LogP contribution in [0.4, 0.5) is 0 Å². The van der Waals surface area contributed by atoms with Crippen molar-refractivity contribution in [3.05, 3.63) is 42.1 Å². The smallest absolute Gasteiger partial charge is 0.317 e. The molecule has 2 fully saturated rings. The lowest BCUT2D eigenvalue weighted by molar-refractivity contribution is -0.138. The van der Waals surface area contributed by atoms with Crippen LogP contribution in [0.2, 0.25) is 0 Å². The van der Waals surface area contributed by atoms with Crippen molar-refractivity contribution < 1.29 is 19.4 Å². The monoisotopic (exact) mass is 370 g/mol. The second-order valence-corrected chi connectivity index (χ2v) is 7.14. The van der Waals surface area contributed by atoms with Crippen LogP contribution in [-0.4, -0.2) is 82.4 Å². The number of hydrogen-bond donors (Lipinski definition) is 2. The van der Waals surface area contributed by atoms with Crippen molar-refractivity contribution in [2.45, 2.75) is 6.04 Å². The number of carbonyl (C=O) groups excluding carboxylic acids is 1. The van der Waals surface area contributed by atoms with Crippen LogP contribution in [0.5, 0.6) is 0 Å². The predicted octanol–water partition coefficient (Wildman–Crippen LogP) is 0.934. The first-order valence-electron chi connectivity index (χ1n) is 9.04. The molecule has 1 amide bonds. The van der Waals surface area contributed by atoms with Crippen LogP contribution in [0.3, 0.4) is 0 Å². The molecule has 0 aliphatic carbocycles. The number of nitrogens with zero attached hydrogens (tertiary/aromatic N) is 3. The normalized spacial score (nSPS) is 23.0. The van der Waals surface area contributed by atoms with Gasteiger partial charge in [0.05, 0.1) is 31.5 Å². The van der Waals surface area contributed by atoms with Gasteiger partial charge in [-0.05, 0) is 6.07 Å². The Morgan fingerprint density at radius 2 is 2.00 bits per heavy atom. The van der Waals surface area contributed by atoms with Crippen molar-refractivity contribution in [1.29, 1.82) is 0 Å². The number of H-pyrrole nitrogens is 1. The second kappa shape index (κ2) is 7.50. The van der Waals surface area contributed by atoms with Crippen LogP contribution in [0.15, 0.2) is 36.4 Å². The van der Waals surface area contributed by atoms with Gasteiger partial charge in [-0.15, -0.1) is 0 Å². The topological polar surface area (TPSA) is 98.8 Å². The molecule has 0 radical (unpaired) electrons. The molecule has 1 aromatic carbocycles. The molecule has 2 aliphatic heterocycles. The summed E-state index contributed by atoms with van der Waals surface area (Å²) in [6.45, 7) is 2.60. The van der Waals surface area contributed by atoms with Gasteiger partial charge >= 0.3 is 5.97 Å². The molecule has 0 spiro atoms. The van der Waals surface area contributed by atoms with Gasteiger partial charge in [0.25, 0.3) is 5.91 Å². The van der Waals surface area contributed by atoms with E-state index in [-0.39, 0.29) is 24.4 Å². The quantitative estimate of drug-likeness (QED) is 0.831. The summed E-state index contributed by atoms with van der Waals surface area (Å²) in [4.78, 5) is 27.9. The third-order valence-corrected chi connectivity index (χ3v) is 5.04. The first kappa shape index (κ1) is 17.7. The number of fused-ring (bicyclic) bond motifs is 3. The van der Waals surface area contributed by atoms with E-state index in [2.05, 4.69) is 10.2 Å². The number of carboxylic acid groups (broad SMARTS) is 1. The number of nitrogens with one attached hydrogen (secondary N) is 1. The maximum atomic E-state index is 13.1. The molecule has 0 saturated carbocycles. The summed E-state index contributed by atoms with van der Waals surface area (Å²) >= 11 is 0. The Labute approximate surface area is 156 Å². The lowest BCUT2D eigenvalue weighted by atomic mass is 10.1. The summed E-state index contributed by atoms with van der Waals surface area (Å²) in [6.07, 6.45) is 0. The van der Waals surface area contributed by atoms with E-state index in [4.69, 9.17) is 9.84 Å². The largest absolute Gasteiger partial charge is 0.480 e. The highest BCUT2D eigenvalue weighted by atomic mass is 16.5. The van der Waals surface area contributed by atoms with Gasteiger partial charge in [0.2, 0.25) is 0 Å². The molecule has 2 aliphatic rings. The third-order valence-electron chi connectivity index (χ3n) is 5.04. The summed E-state index contributed by atoms with van der Waals surface area (Å²) < 4.78 is 5.71. The molecule has 8 nitrogen and oxygen atoms in total. The molecule has 2 atom stereocenters. The van der Waals surface area contributed by atoms with E-state index in [1.165, 1.54) is 0 Å². The van der Waals surface area contributed by atoms with Gasteiger partial charge in [-0.1, -0.05) is 30.3 Å². The minimum atomic E-state index is -0.852. The highest BCUT2D eigenvalue weighted by Crippen LogP contribution is 2.23. The van der Waals surface area contributed by atoms with Gasteiger partial charge in [0.15, 0.2) is 0 Å². The molecule has 4 rings (SSSR count). The molecule has 8 heteroatoms. The number of carboxylic acids is 1. The lowest BCUT2D eigenvalue weighted by Gasteiger charge is -2.30. The molecular weight excluding hydrogens is 348 g/mol. The Bertz CT molecular complexity index is 822. The van der Waals surface area contributed by atoms with Crippen molar-refractivity contribution in [1.82, 2.24) is 20.0 Å². The lowest BCUT2D eigenvalue weighted by Crippen LogP contribution is -2.47. The number of aromatic nitrogens is 2. The van der Waals surface area contributed by atoms with Gasteiger partial charge in [0, 0.05) is 31.1 Å². The maximum absolute atomic E-state index is 13.1. The zero-order valence-electron chi connectivity index (χ0n) is 14.9. The van der Waals surface area contributed by atoms with Crippen molar-refractivity contribution in [2.75, 3.05) is 39.4 Å². The van der Waals surface area contributed by atoms with Gasteiger partial charge in [-0.3, -0.25) is 19.6 Å². The summed E-state index contributed by atoms with van der Waals surface area (Å²) in [6, 6.07) is 11.3. The van der Waals surface area contributed by atoms with Crippen LogP contribution in [-0.2, 0) is 9.53 Å². The fraction of sp³-hybridized carbons (Fsp3) is 0.421. The summed E-state index contributed by atoms with van der Waals surface area (Å²) in [5.41, 5.74) is 2.10. The summed E-state index contributed by atoms with van der Waals surface area (Å²) in [5.74, 6) is -0.880. The number of amides is 1. The van der Waals surface area contributed by atoms with E-state index < -0.39 is 5.97 Å². The fourth-order valence-corrected chi connectivity index (χ4v) is 3.85. The summed E-state index contributed by atoms with van der Waals surface area (Å²) in [5, 5.41) is 16.2. The van der Waals surface area contributed by atoms with Crippen LogP contribution in [0.25, 0.3) is 11.3 Å². The van der Waals surface area contributed by atoms with E-state index in [1.807, 2.05) is 40.1 Å². The Balaban J connectivity index is 1.55. The number of aliphatic carboxylic acids is 1. The average molecular weight is 370 g/mol. The standard InChI is InChI=1S/C19H22N4O4/c24-18(25)10-22-7-13-8-23(15(9-22)12-27-11-13)19(26)17-6-16(20-21-17)14-4-2-1-3-5-14/h1-6,13,15H,7-12H2,(H,20,21)(H,24,25)/t13-,15-/m0/s1. The molecule has 2 N–H and O–H groups in total. The third kappa shape index (κ3) is 3.86. The number of rotatable bonds is 4. The average Bonchev–Trinajstić information content (AvgIpc) is 2.97. The van der Waals surface area contributed by atoms with Crippen LogP contribution in [0, 0.1) is 5.92 Å². The number of ether oxygens (including phenoxy) is 1. The Kier molecular flexibility index (Phi) is 4.91. The first-order chi connectivity index (χ1) is 13.1. The van der Waals surface area contributed by atoms with Gasteiger partial charge < -0.3 is 14.7 Å². The van der Waals surface area contributed by atoms with Crippen molar-refractivity contribution in [3.8, 4) is 11.3 Å². The van der Waals surface area contributed by atoms with Gasteiger partial charge in [-0.2, -0.15) is 5.10 Å². The van der Waals surface area contributed by atoms with Gasteiger partial charge in [-0.25, -0.2) is 0 Å². The Morgan fingerprint density at radius 3 is 2.78 bits per heavy atom. The second-order valence-electron chi connectivity index (χ2n) is 7.14. The molecule has 142 valence electrons. The molecular formula is C19H22N4O4. The van der Waals surface area contributed by atoms with Crippen molar-refractivity contribution >= 4 is 11.9 Å². The SMILES string of the molecule is O=C(O)CN1C[C@@H]2COC[C@H](C1)N(C(=O)c1cc(-c3ccccc3)n[nH]1)C2. The molecule has 0 unspecified atom stereocenters. The minimum absolute atomic E-state index is 0.0166. The fourth-order valence-electron chi connectivity index (χ4n) is 3.85. The highest BCUT2D eigenvalue weighted by molar-refractivity contribution is 5.93. The van der Waals surface area contributed by atoms with E-state index in [0.717, 1.165) is 11.3 Å². The summed E-state index contributed by atoms with van der Waals surface area (Å²) in [7, 11) is 0. The van der Waals surface area contributed by atoms with Crippen molar-refractivity contribution in [2.24, 2.45) is 5.92 Å².